The molecule has 0 unspecified atom stereocenters. The molecule has 1 aliphatic rings. The average Bonchev–Trinajstić information content (AvgIpc) is 3.01. The third-order valence-corrected chi connectivity index (χ3v) is 7.34. The van der Waals surface area contributed by atoms with E-state index in [2.05, 4.69) is 29.9 Å². The first-order chi connectivity index (χ1) is 13.6. The van der Waals surface area contributed by atoms with Crippen LogP contribution in [0.5, 0.6) is 0 Å². The topological polar surface area (TPSA) is 55.3 Å². The zero-order valence-electron chi connectivity index (χ0n) is 16.3. The second-order valence-electron chi connectivity index (χ2n) is 6.94. The molecule has 7 heteroatoms. The molecule has 3 heterocycles. The molecule has 0 saturated carbocycles. The Bertz CT molecular complexity index is 1020. The van der Waals surface area contributed by atoms with Crippen LogP contribution in [0.25, 0.3) is 10.2 Å². The van der Waals surface area contributed by atoms with Crippen LogP contribution in [-0.2, 0) is 16.0 Å². The van der Waals surface area contributed by atoms with Crippen LogP contribution in [0.1, 0.15) is 22.4 Å². The first-order valence-corrected chi connectivity index (χ1v) is 11.1. The molecule has 2 aromatic heterocycles. The normalized spacial score (nSPS) is 16.4. The van der Waals surface area contributed by atoms with Crippen LogP contribution in [0.15, 0.2) is 35.6 Å². The van der Waals surface area contributed by atoms with Crippen molar-refractivity contribution < 1.29 is 9.53 Å². The van der Waals surface area contributed by atoms with Crippen molar-refractivity contribution in [3.05, 3.63) is 46.6 Å². The van der Waals surface area contributed by atoms with Crippen molar-refractivity contribution in [2.45, 2.75) is 37.8 Å². The third kappa shape index (κ3) is 3.66. The lowest BCUT2D eigenvalue weighted by molar-refractivity contribution is -0.118. The predicted octanol–water partition coefficient (Wildman–Crippen LogP) is 4.39. The number of benzene rings is 1. The maximum atomic E-state index is 13.0. The van der Waals surface area contributed by atoms with Gasteiger partial charge < -0.3 is 9.64 Å². The number of thiophene rings is 1. The van der Waals surface area contributed by atoms with Gasteiger partial charge >= 0.3 is 0 Å². The Kier molecular flexibility index (Phi) is 5.66. The number of amides is 1. The lowest BCUT2D eigenvalue weighted by Gasteiger charge is -2.34. The summed E-state index contributed by atoms with van der Waals surface area (Å²) < 4.78 is 5.55. The Balaban J connectivity index is 1.47. The second kappa shape index (κ2) is 8.19. The van der Waals surface area contributed by atoms with Crippen LogP contribution >= 0.6 is 23.1 Å². The van der Waals surface area contributed by atoms with Crippen molar-refractivity contribution in [2.24, 2.45) is 0 Å². The number of ether oxygens (including phenoxy) is 1. The summed E-state index contributed by atoms with van der Waals surface area (Å²) in [4.78, 5) is 26.0. The van der Waals surface area contributed by atoms with E-state index in [-0.39, 0.29) is 12.0 Å². The van der Waals surface area contributed by atoms with Gasteiger partial charge in [-0.25, -0.2) is 9.97 Å². The summed E-state index contributed by atoms with van der Waals surface area (Å²) in [6, 6.07) is 8.10. The van der Waals surface area contributed by atoms with Gasteiger partial charge in [-0.2, -0.15) is 0 Å². The minimum atomic E-state index is 0.0458. The van der Waals surface area contributed by atoms with Crippen LogP contribution < -0.4 is 4.90 Å². The van der Waals surface area contributed by atoms with E-state index in [1.54, 1.807) is 36.5 Å². The molecule has 5 nitrogen and oxygen atoms in total. The summed E-state index contributed by atoms with van der Waals surface area (Å²) in [6.07, 6.45) is 2.97. The van der Waals surface area contributed by atoms with Gasteiger partial charge in [-0.3, -0.25) is 4.79 Å². The zero-order chi connectivity index (χ0) is 19.7. The number of anilines is 1. The molecule has 0 bridgehead atoms. The number of para-hydroxylation sites is 1. The van der Waals surface area contributed by atoms with Gasteiger partial charge in [0.05, 0.1) is 12.6 Å². The first kappa shape index (κ1) is 19.4. The highest BCUT2D eigenvalue weighted by Crippen LogP contribution is 2.35. The van der Waals surface area contributed by atoms with Gasteiger partial charge in [-0.15, -0.1) is 23.1 Å². The van der Waals surface area contributed by atoms with Crippen molar-refractivity contribution in [3.8, 4) is 0 Å². The Labute approximate surface area is 173 Å². The number of fused-ring (bicyclic) bond motifs is 2. The molecule has 0 N–H and O–H groups in total. The van der Waals surface area contributed by atoms with Crippen LogP contribution in [0.3, 0.4) is 0 Å². The smallest absolute Gasteiger partial charge is 0.227 e. The summed E-state index contributed by atoms with van der Waals surface area (Å²) >= 11 is 3.33. The van der Waals surface area contributed by atoms with Gasteiger partial charge in [0.25, 0.3) is 0 Å². The van der Waals surface area contributed by atoms with E-state index in [4.69, 9.17) is 4.74 Å². The van der Waals surface area contributed by atoms with Crippen molar-refractivity contribution in [3.63, 3.8) is 0 Å². The lowest BCUT2D eigenvalue weighted by atomic mass is 9.99. The molecule has 4 rings (SSSR count). The maximum Gasteiger partial charge on any atom is 0.227 e. The van der Waals surface area contributed by atoms with Gasteiger partial charge in [-0.1, -0.05) is 18.2 Å². The van der Waals surface area contributed by atoms with E-state index < -0.39 is 0 Å². The van der Waals surface area contributed by atoms with Crippen molar-refractivity contribution in [2.75, 3.05) is 24.3 Å². The van der Waals surface area contributed by atoms with E-state index in [1.165, 1.54) is 16.0 Å². The van der Waals surface area contributed by atoms with Crippen LogP contribution in [-0.4, -0.2) is 41.4 Å². The largest absolute Gasteiger partial charge is 0.379 e. The fraction of sp³-hybridized carbons (Fsp3) is 0.381. The Morgan fingerprint density at radius 3 is 2.96 bits per heavy atom. The molecular weight excluding hydrogens is 390 g/mol. The number of hydrogen-bond acceptors (Lipinski definition) is 6. The number of aryl methyl sites for hydroxylation is 2. The van der Waals surface area contributed by atoms with Crippen LogP contribution in [0, 0.1) is 13.8 Å². The van der Waals surface area contributed by atoms with E-state index in [9.17, 15) is 4.79 Å². The third-order valence-electron chi connectivity index (χ3n) is 5.24. The summed E-state index contributed by atoms with van der Waals surface area (Å²) in [6.45, 7) is 4.83. The van der Waals surface area contributed by atoms with E-state index in [1.807, 2.05) is 23.1 Å². The Hall–Kier alpha value is -1.96. The minimum Gasteiger partial charge on any atom is -0.379 e. The van der Waals surface area contributed by atoms with Gasteiger partial charge in [0, 0.05) is 41.7 Å². The SMILES string of the molecule is CO[C@@H]1Cc2ccccc2N(C(=O)CCSc2ncnc3sc(C)c(C)c23)C1. The quantitative estimate of drug-likeness (QED) is 0.458. The second-order valence-corrected chi connectivity index (χ2v) is 9.22. The summed E-state index contributed by atoms with van der Waals surface area (Å²) in [7, 11) is 1.71. The number of methoxy groups -OCH3 is 1. The molecule has 0 saturated heterocycles. The minimum absolute atomic E-state index is 0.0458. The molecule has 1 aromatic carbocycles. The average molecular weight is 414 g/mol. The summed E-state index contributed by atoms with van der Waals surface area (Å²) in [5.74, 6) is 0.820. The van der Waals surface area contributed by atoms with Crippen molar-refractivity contribution in [1.82, 2.24) is 9.97 Å². The molecule has 1 atom stereocenters. The van der Waals surface area contributed by atoms with Gasteiger partial charge in [0.1, 0.15) is 16.2 Å². The maximum absolute atomic E-state index is 13.0. The van der Waals surface area contributed by atoms with Gasteiger partial charge in [0.2, 0.25) is 5.91 Å². The molecule has 1 aliphatic heterocycles. The standard InChI is InChI=1S/C21H23N3O2S2/c1-13-14(2)28-21-19(13)20(22-12-23-21)27-9-8-18(25)24-11-16(26-3)10-15-6-4-5-7-17(15)24/h4-7,12,16H,8-11H2,1-3H3/t16-/m1/s1. The fourth-order valence-electron chi connectivity index (χ4n) is 3.58. The van der Waals surface area contributed by atoms with E-state index in [0.29, 0.717) is 18.7 Å². The zero-order valence-corrected chi connectivity index (χ0v) is 17.9. The number of thioether (sulfide) groups is 1. The highest BCUT2D eigenvalue weighted by atomic mass is 32.2. The van der Waals surface area contributed by atoms with Gasteiger partial charge in [0.15, 0.2) is 0 Å². The number of rotatable bonds is 5. The highest BCUT2D eigenvalue weighted by molar-refractivity contribution is 7.99. The van der Waals surface area contributed by atoms with E-state index in [0.717, 1.165) is 27.4 Å². The molecular formula is C21H23N3O2S2. The van der Waals surface area contributed by atoms with Crippen LogP contribution in [0.4, 0.5) is 5.69 Å². The number of aromatic nitrogens is 2. The fourth-order valence-corrected chi connectivity index (χ4v) is 5.63. The number of nitrogens with zero attached hydrogens (tertiary/aromatic N) is 3. The molecule has 0 radical (unpaired) electrons. The summed E-state index contributed by atoms with van der Waals surface area (Å²) in [5.41, 5.74) is 3.42. The number of carbonyl (C=O) groups is 1. The molecule has 3 aromatic rings. The lowest BCUT2D eigenvalue weighted by Crippen LogP contribution is -2.43. The Morgan fingerprint density at radius 1 is 1.32 bits per heavy atom. The monoisotopic (exact) mass is 413 g/mol. The first-order valence-electron chi connectivity index (χ1n) is 9.33. The van der Waals surface area contributed by atoms with E-state index >= 15 is 0 Å². The van der Waals surface area contributed by atoms with Crippen LogP contribution in [0.2, 0.25) is 0 Å². The molecule has 0 aliphatic carbocycles. The molecule has 0 spiro atoms. The van der Waals surface area contributed by atoms with Gasteiger partial charge in [-0.05, 0) is 31.0 Å². The number of carbonyl (C=O) groups excluding carboxylic acids is 1. The van der Waals surface area contributed by atoms with Crippen molar-refractivity contribution >= 4 is 44.9 Å². The number of hydrogen-bond donors (Lipinski definition) is 0. The molecule has 28 heavy (non-hydrogen) atoms. The predicted molar refractivity (Wildman–Crippen MR) is 116 cm³/mol. The highest BCUT2D eigenvalue weighted by Gasteiger charge is 2.28. The van der Waals surface area contributed by atoms with Crippen molar-refractivity contribution in [1.29, 1.82) is 0 Å². The molecule has 146 valence electrons. The molecule has 0 fully saturated rings. The summed E-state index contributed by atoms with van der Waals surface area (Å²) in [5, 5.41) is 2.10. The molecule has 1 amide bonds. The Morgan fingerprint density at radius 2 is 2.14 bits per heavy atom.